The molecule has 0 aromatic rings. The van der Waals surface area contributed by atoms with Gasteiger partial charge in [-0.25, -0.2) is 0 Å². The van der Waals surface area contributed by atoms with Crippen LogP contribution in [0.15, 0.2) is 0 Å². The summed E-state index contributed by atoms with van der Waals surface area (Å²) in [4.78, 5) is 2.35. The third-order valence-electron chi connectivity index (χ3n) is 3.23. The summed E-state index contributed by atoms with van der Waals surface area (Å²) in [5.74, 6) is 1.56. The quantitative estimate of drug-likeness (QED) is 0.716. The molecular weight excluding hydrogens is 212 g/mol. The summed E-state index contributed by atoms with van der Waals surface area (Å²) in [5, 5.41) is 0. The number of nitrogens with zero attached hydrogens (tertiary/aromatic N) is 1. The van der Waals surface area contributed by atoms with Gasteiger partial charge in [0.2, 0.25) is 0 Å². The van der Waals surface area contributed by atoms with Crippen LogP contribution < -0.4 is 5.73 Å². The van der Waals surface area contributed by atoms with Crippen molar-refractivity contribution in [3.05, 3.63) is 0 Å². The Morgan fingerprint density at radius 3 is 2.53 bits per heavy atom. The zero-order chi connectivity index (χ0) is 11.3. The minimum absolute atomic E-state index is 0.000625. The third kappa shape index (κ3) is 3.52. The SMILES string of the molecule is COCCC(C)(CN)N1CCS(=O)CC1. The fourth-order valence-corrected chi connectivity index (χ4v) is 2.94. The molecule has 0 aliphatic carbocycles. The average Bonchev–Trinajstić information content (AvgIpc) is 2.27. The summed E-state index contributed by atoms with van der Waals surface area (Å²) < 4.78 is 16.4. The predicted octanol–water partition coefficient (Wildman–Crippen LogP) is -0.195. The van der Waals surface area contributed by atoms with Crippen LogP contribution in [0.25, 0.3) is 0 Å². The lowest BCUT2D eigenvalue weighted by Crippen LogP contribution is -2.56. The Hall–Kier alpha value is 0.0300. The maximum atomic E-state index is 11.3. The predicted molar refractivity (Wildman–Crippen MR) is 63.4 cm³/mol. The van der Waals surface area contributed by atoms with E-state index in [4.69, 9.17) is 10.5 Å². The molecule has 4 nitrogen and oxygen atoms in total. The number of nitrogens with two attached hydrogens (primary N) is 1. The highest BCUT2D eigenvalue weighted by molar-refractivity contribution is 7.85. The molecule has 1 aliphatic heterocycles. The molecule has 0 aromatic heterocycles. The lowest BCUT2D eigenvalue weighted by molar-refractivity contribution is 0.0760. The van der Waals surface area contributed by atoms with Crippen LogP contribution in [0, 0.1) is 0 Å². The zero-order valence-electron chi connectivity index (χ0n) is 9.70. The fraction of sp³-hybridized carbons (Fsp3) is 1.00. The summed E-state index contributed by atoms with van der Waals surface area (Å²) >= 11 is 0. The van der Waals surface area contributed by atoms with Crippen LogP contribution in [0.2, 0.25) is 0 Å². The van der Waals surface area contributed by atoms with Crippen molar-refractivity contribution in [3.8, 4) is 0 Å². The van der Waals surface area contributed by atoms with Gasteiger partial charge in [-0.05, 0) is 13.3 Å². The van der Waals surface area contributed by atoms with Crippen LogP contribution in [0.3, 0.4) is 0 Å². The molecule has 0 bridgehead atoms. The van der Waals surface area contributed by atoms with Gasteiger partial charge in [-0.3, -0.25) is 9.11 Å². The summed E-state index contributed by atoms with van der Waals surface area (Å²) in [6, 6.07) is 0. The highest BCUT2D eigenvalue weighted by Crippen LogP contribution is 2.20. The monoisotopic (exact) mass is 234 g/mol. The van der Waals surface area contributed by atoms with Crippen molar-refractivity contribution in [2.45, 2.75) is 18.9 Å². The standard InChI is InChI=1S/C10H22N2O2S/c1-10(9-11,3-6-14-2)12-4-7-15(13)8-5-12/h3-9,11H2,1-2H3. The maximum Gasteiger partial charge on any atom is 0.0480 e. The van der Waals surface area contributed by atoms with Crippen LogP contribution in [0.5, 0.6) is 0 Å². The molecule has 1 atom stereocenters. The average molecular weight is 234 g/mol. The van der Waals surface area contributed by atoms with E-state index in [0.717, 1.165) is 37.6 Å². The van der Waals surface area contributed by atoms with Gasteiger partial charge in [0.25, 0.3) is 0 Å². The smallest absolute Gasteiger partial charge is 0.0480 e. The van der Waals surface area contributed by atoms with Crippen LogP contribution >= 0.6 is 0 Å². The van der Waals surface area contributed by atoms with E-state index in [1.54, 1.807) is 7.11 Å². The summed E-state index contributed by atoms with van der Waals surface area (Å²) in [7, 11) is 1.09. The number of rotatable bonds is 5. The first-order chi connectivity index (χ1) is 7.12. The molecule has 0 amide bonds. The molecule has 1 saturated heterocycles. The van der Waals surface area contributed by atoms with Crippen molar-refractivity contribution in [3.63, 3.8) is 0 Å². The minimum atomic E-state index is -0.617. The molecule has 1 aliphatic rings. The Morgan fingerprint density at radius 1 is 1.47 bits per heavy atom. The Kier molecular flexibility index (Phi) is 5.18. The van der Waals surface area contributed by atoms with Gasteiger partial charge in [-0.1, -0.05) is 0 Å². The lowest BCUT2D eigenvalue weighted by atomic mass is 9.96. The molecule has 90 valence electrons. The van der Waals surface area contributed by atoms with E-state index in [9.17, 15) is 4.21 Å². The first kappa shape index (κ1) is 13.1. The molecule has 1 rings (SSSR count). The van der Waals surface area contributed by atoms with E-state index in [1.807, 2.05) is 0 Å². The second-order valence-corrected chi connectivity index (χ2v) is 5.98. The van der Waals surface area contributed by atoms with E-state index >= 15 is 0 Å². The number of ether oxygens (including phenoxy) is 1. The maximum absolute atomic E-state index is 11.3. The second kappa shape index (κ2) is 5.94. The highest BCUT2D eigenvalue weighted by Gasteiger charge is 2.32. The van der Waals surface area contributed by atoms with Gasteiger partial charge in [0.05, 0.1) is 0 Å². The first-order valence-corrected chi connectivity index (χ1v) is 6.90. The molecule has 0 saturated carbocycles. The zero-order valence-corrected chi connectivity index (χ0v) is 10.5. The van der Waals surface area contributed by atoms with Crippen molar-refractivity contribution < 1.29 is 8.95 Å². The van der Waals surface area contributed by atoms with Crippen LogP contribution in [-0.2, 0) is 15.5 Å². The third-order valence-corrected chi connectivity index (χ3v) is 4.50. The van der Waals surface area contributed by atoms with Gasteiger partial charge in [-0.2, -0.15) is 0 Å². The molecule has 5 heteroatoms. The Balaban J connectivity index is 2.52. The number of hydrogen-bond acceptors (Lipinski definition) is 4. The van der Waals surface area contributed by atoms with E-state index in [0.29, 0.717) is 6.54 Å². The molecule has 0 radical (unpaired) electrons. The Labute approximate surface area is 94.6 Å². The van der Waals surface area contributed by atoms with E-state index in [2.05, 4.69) is 11.8 Å². The van der Waals surface area contributed by atoms with Crippen LogP contribution in [-0.4, -0.2) is 59.5 Å². The van der Waals surface area contributed by atoms with Gasteiger partial charge < -0.3 is 10.5 Å². The van der Waals surface area contributed by atoms with E-state index < -0.39 is 10.8 Å². The lowest BCUT2D eigenvalue weighted by Gasteiger charge is -2.42. The fourth-order valence-electron chi connectivity index (χ4n) is 1.89. The van der Waals surface area contributed by atoms with Crippen molar-refractivity contribution in [1.82, 2.24) is 4.90 Å². The highest BCUT2D eigenvalue weighted by atomic mass is 32.2. The molecule has 1 heterocycles. The first-order valence-electron chi connectivity index (χ1n) is 5.41. The van der Waals surface area contributed by atoms with Crippen molar-refractivity contribution in [2.24, 2.45) is 5.73 Å². The summed E-state index contributed by atoms with van der Waals surface area (Å²) in [6.45, 7) is 5.31. The van der Waals surface area contributed by atoms with Crippen molar-refractivity contribution in [2.75, 3.05) is 44.9 Å². The molecular formula is C10H22N2O2S. The van der Waals surface area contributed by atoms with E-state index in [-0.39, 0.29) is 5.54 Å². The molecule has 1 fully saturated rings. The molecule has 0 spiro atoms. The number of methoxy groups -OCH3 is 1. The normalized spacial score (nSPS) is 23.9. The molecule has 0 aromatic carbocycles. The Bertz CT molecular complexity index is 215. The Morgan fingerprint density at radius 2 is 2.07 bits per heavy atom. The van der Waals surface area contributed by atoms with Crippen LogP contribution in [0.1, 0.15) is 13.3 Å². The van der Waals surface area contributed by atoms with Gasteiger partial charge in [-0.15, -0.1) is 0 Å². The summed E-state index contributed by atoms with van der Waals surface area (Å²) in [6.07, 6.45) is 0.937. The molecule has 15 heavy (non-hydrogen) atoms. The topological polar surface area (TPSA) is 55.6 Å². The van der Waals surface area contributed by atoms with Crippen molar-refractivity contribution in [1.29, 1.82) is 0 Å². The summed E-state index contributed by atoms with van der Waals surface area (Å²) in [5.41, 5.74) is 5.84. The van der Waals surface area contributed by atoms with Gasteiger partial charge in [0, 0.05) is 61.2 Å². The minimum Gasteiger partial charge on any atom is -0.385 e. The number of hydrogen-bond donors (Lipinski definition) is 1. The van der Waals surface area contributed by atoms with E-state index in [1.165, 1.54) is 0 Å². The molecule has 2 N–H and O–H groups in total. The van der Waals surface area contributed by atoms with Gasteiger partial charge in [0.15, 0.2) is 0 Å². The van der Waals surface area contributed by atoms with Gasteiger partial charge >= 0.3 is 0 Å². The van der Waals surface area contributed by atoms with Gasteiger partial charge in [0.1, 0.15) is 0 Å². The molecule has 1 unspecified atom stereocenters. The second-order valence-electron chi connectivity index (χ2n) is 4.28. The van der Waals surface area contributed by atoms with Crippen molar-refractivity contribution >= 4 is 10.8 Å². The largest absolute Gasteiger partial charge is 0.385 e. The van der Waals surface area contributed by atoms with Crippen LogP contribution in [0.4, 0.5) is 0 Å².